The Morgan fingerprint density at radius 1 is 1.14 bits per heavy atom. The lowest BCUT2D eigenvalue weighted by Crippen LogP contribution is -2.48. The van der Waals surface area contributed by atoms with Gasteiger partial charge in [-0.25, -0.2) is 0 Å². The minimum atomic E-state index is -0.578. The molecule has 1 N–H and O–H groups in total. The third-order valence-electron chi connectivity index (χ3n) is 4.73. The number of rotatable bonds is 9. The highest BCUT2D eigenvalue weighted by atomic mass is 35.5. The van der Waals surface area contributed by atoms with E-state index in [0.717, 1.165) is 29.5 Å². The van der Waals surface area contributed by atoms with Crippen molar-refractivity contribution in [1.29, 1.82) is 0 Å². The summed E-state index contributed by atoms with van der Waals surface area (Å²) in [5.41, 5.74) is 2.87. The number of carbonyl (C=O) groups excluding carboxylic acids is 2. The molecule has 2 rings (SSSR count). The van der Waals surface area contributed by atoms with Crippen LogP contribution in [-0.2, 0) is 22.6 Å². The highest BCUT2D eigenvalue weighted by Crippen LogP contribution is 2.19. The summed E-state index contributed by atoms with van der Waals surface area (Å²) < 4.78 is 0. The molecule has 0 saturated heterocycles. The normalized spacial score (nSPS) is 11.7. The molecule has 5 heteroatoms. The summed E-state index contributed by atoms with van der Waals surface area (Å²) in [4.78, 5) is 27.3. The van der Waals surface area contributed by atoms with Crippen LogP contribution in [0.3, 0.4) is 0 Å². The van der Waals surface area contributed by atoms with E-state index in [1.54, 1.807) is 17.9 Å². The number of unbranched alkanes of at least 4 members (excludes halogenated alkanes) is 1. The van der Waals surface area contributed by atoms with Gasteiger partial charge in [-0.15, -0.1) is 0 Å². The largest absolute Gasteiger partial charge is 0.354 e. The van der Waals surface area contributed by atoms with Crippen molar-refractivity contribution < 1.29 is 9.59 Å². The van der Waals surface area contributed by atoms with E-state index in [1.165, 1.54) is 0 Å². The van der Waals surface area contributed by atoms with Gasteiger partial charge in [-0.05, 0) is 37.5 Å². The molecule has 1 unspecified atom stereocenters. The van der Waals surface area contributed by atoms with Gasteiger partial charge in [-0.3, -0.25) is 9.59 Å². The molecule has 0 radical (unpaired) electrons. The van der Waals surface area contributed by atoms with E-state index in [-0.39, 0.29) is 18.2 Å². The second-order valence-corrected chi connectivity index (χ2v) is 7.51. The molecular weight excluding hydrogens is 372 g/mol. The molecule has 2 aromatic carbocycles. The van der Waals surface area contributed by atoms with E-state index >= 15 is 0 Å². The first-order chi connectivity index (χ1) is 13.4. The van der Waals surface area contributed by atoms with Crippen LogP contribution in [-0.4, -0.2) is 29.3 Å². The van der Waals surface area contributed by atoms with Crippen LogP contribution in [0.15, 0.2) is 48.5 Å². The average Bonchev–Trinajstić information content (AvgIpc) is 2.67. The Labute approximate surface area is 172 Å². The SMILES string of the molecule is CCCCNC(=O)C(C)N(Cc1ccccc1Cl)C(=O)Cc1cccc(C)c1. The number of nitrogens with zero attached hydrogens (tertiary/aromatic N) is 1. The van der Waals surface area contributed by atoms with Crippen molar-refractivity contribution in [2.45, 2.75) is 52.6 Å². The monoisotopic (exact) mass is 400 g/mol. The number of aryl methyl sites for hydroxylation is 1. The summed E-state index contributed by atoms with van der Waals surface area (Å²) in [5.74, 6) is -0.234. The first-order valence-electron chi connectivity index (χ1n) is 9.78. The second-order valence-electron chi connectivity index (χ2n) is 7.10. The summed E-state index contributed by atoms with van der Waals surface area (Å²) in [6.07, 6.45) is 2.17. The minimum absolute atomic E-state index is 0.0938. The van der Waals surface area contributed by atoms with Gasteiger partial charge in [0.1, 0.15) is 6.04 Å². The summed E-state index contributed by atoms with van der Waals surface area (Å²) in [6.45, 7) is 6.76. The van der Waals surface area contributed by atoms with Crippen molar-refractivity contribution in [1.82, 2.24) is 10.2 Å². The molecule has 0 aromatic heterocycles. The van der Waals surface area contributed by atoms with Crippen molar-refractivity contribution >= 4 is 23.4 Å². The Balaban J connectivity index is 2.20. The Hall–Kier alpha value is -2.33. The van der Waals surface area contributed by atoms with Crippen LogP contribution in [0.1, 0.15) is 43.4 Å². The molecule has 150 valence electrons. The van der Waals surface area contributed by atoms with Gasteiger partial charge in [0.2, 0.25) is 11.8 Å². The number of halogens is 1. The summed E-state index contributed by atoms with van der Waals surface area (Å²) in [7, 11) is 0. The lowest BCUT2D eigenvalue weighted by molar-refractivity contribution is -0.140. The maximum absolute atomic E-state index is 13.1. The Morgan fingerprint density at radius 3 is 2.57 bits per heavy atom. The van der Waals surface area contributed by atoms with Crippen molar-refractivity contribution in [3.8, 4) is 0 Å². The third-order valence-corrected chi connectivity index (χ3v) is 5.10. The van der Waals surface area contributed by atoms with Crippen LogP contribution in [0.5, 0.6) is 0 Å². The lowest BCUT2D eigenvalue weighted by atomic mass is 10.1. The van der Waals surface area contributed by atoms with Gasteiger partial charge in [0.05, 0.1) is 6.42 Å². The standard InChI is InChI=1S/C23H29ClN2O2/c1-4-5-13-25-23(28)18(3)26(16-20-11-6-7-12-21(20)24)22(27)15-19-10-8-9-17(2)14-19/h6-12,14,18H,4-5,13,15-16H2,1-3H3,(H,25,28). The molecule has 2 aromatic rings. The van der Waals surface area contributed by atoms with E-state index in [2.05, 4.69) is 12.2 Å². The molecule has 0 aliphatic heterocycles. The number of nitrogens with one attached hydrogen (secondary N) is 1. The molecule has 0 aliphatic rings. The van der Waals surface area contributed by atoms with Gasteiger partial charge in [-0.2, -0.15) is 0 Å². The van der Waals surface area contributed by atoms with Gasteiger partial charge >= 0.3 is 0 Å². The first kappa shape index (κ1) is 22.0. The van der Waals surface area contributed by atoms with Crippen molar-refractivity contribution in [3.05, 3.63) is 70.2 Å². The maximum atomic E-state index is 13.1. The van der Waals surface area contributed by atoms with Crippen LogP contribution in [0.4, 0.5) is 0 Å². The number of benzene rings is 2. The molecule has 0 heterocycles. The highest BCUT2D eigenvalue weighted by Gasteiger charge is 2.26. The second kappa shape index (κ2) is 10.9. The lowest BCUT2D eigenvalue weighted by Gasteiger charge is -2.29. The van der Waals surface area contributed by atoms with Crippen LogP contribution < -0.4 is 5.32 Å². The van der Waals surface area contributed by atoms with Crippen LogP contribution in [0.25, 0.3) is 0 Å². The van der Waals surface area contributed by atoms with Crippen molar-refractivity contribution in [2.75, 3.05) is 6.54 Å². The van der Waals surface area contributed by atoms with Crippen molar-refractivity contribution in [2.24, 2.45) is 0 Å². The number of carbonyl (C=O) groups is 2. The van der Waals surface area contributed by atoms with E-state index < -0.39 is 6.04 Å². The average molecular weight is 401 g/mol. The zero-order valence-corrected chi connectivity index (χ0v) is 17.6. The number of amides is 2. The Kier molecular flexibility index (Phi) is 8.52. The quantitative estimate of drug-likeness (QED) is 0.629. The van der Waals surface area contributed by atoms with Crippen LogP contribution >= 0.6 is 11.6 Å². The van der Waals surface area contributed by atoms with Gasteiger partial charge < -0.3 is 10.2 Å². The fraction of sp³-hybridized carbons (Fsp3) is 0.391. The highest BCUT2D eigenvalue weighted by molar-refractivity contribution is 6.31. The number of hydrogen-bond donors (Lipinski definition) is 1. The van der Waals surface area contributed by atoms with E-state index in [1.807, 2.05) is 49.4 Å². The summed E-state index contributed by atoms with van der Waals surface area (Å²) >= 11 is 6.30. The molecule has 0 aliphatic carbocycles. The summed E-state index contributed by atoms with van der Waals surface area (Å²) in [6, 6.07) is 14.7. The predicted molar refractivity (Wildman–Crippen MR) is 114 cm³/mol. The minimum Gasteiger partial charge on any atom is -0.354 e. The fourth-order valence-electron chi connectivity index (χ4n) is 3.03. The molecule has 0 spiro atoms. The van der Waals surface area contributed by atoms with Gasteiger partial charge in [-0.1, -0.05) is 73.0 Å². The first-order valence-corrected chi connectivity index (χ1v) is 10.2. The molecular formula is C23H29ClN2O2. The molecule has 0 fully saturated rings. The third kappa shape index (κ3) is 6.38. The molecule has 28 heavy (non-hydrogen) atoms. The molecule has 0 saturated carbocycles. The predicted octanol–water partition coefficient (Wildman–Crippen LogP) is 4.52. The number of hydrogen-bond acceptors (Lipinski definition) is 2. The van der Waals surface area contributed by atoms with Crippen LogP contribution in [0.2, 0.25) is 5.02 Å². The van der Waals surface area contributed by atoms with E-state index in [4.69, 9.17) is 11.6 Å². The topological polar surface area (TPSA) is 49.4 Å². The molecule has 4 nitrogen and oxygen atoms in total. The van der Waals surface area contributed by atoms with E-state index in [9.17, 15) is 9.59 Å². The maximum Gasteiger partial charge on any atom is 0.242 e. The fourth-order valence-corrected chi connectivity index (χ4v) is 3.22. The van der Waals surface area contributed by atoms with Crippen LogP contribution in [0, 0.1) is 6.92 Å². The zero-order chi connectivity index (χ0) is 20.5. The smallest absolute Gasteiger partial charge is 0.242 e. The van der Waals surface area contributed by atoms with Crippen molar-refractivity contribution in [3.63, 3.8) is 0 Å². The van der Waals surface area contributed by atoms with Gasteiger partial charge in [0, 0.05) is 18.1 Å². The zero-order valence-electron chi connectivity index (χ0n) is 16.9. The molecule has 2 amide bonds. The van der Waals surface area contributed by atoms with Gasteiger partial charge in [0.15, 0.2) is 0 Å². The Morgan fingerprint density at radius 2 is 1.89 bits per heavy atom. The van der Waals surface area contributed by atoms with Gasteiger partial charge in [0.25, 0.3) is 0 Å². The summed E-state index contributed by atoms with van der Waals surface area (Å²) in [5, 5.41) is 3.52. The Bertz CT molecular complexity index is 807. The molecule has 0 bridgehead atoms. The van der Waals surface area contributed by atoms with E-state index in [0.29, 0.717) is 18.1 Å². The molecule has 1 atom stereocenters.